The molecule has 0 saturated heterocycles. The Morgan fingerprint density at radius 3 is 1.87 bits per heavy atom. The molecule has 0 atom stereocenters. The summed E-state index contributed by atoms with van der Waals surface area (Å²) in [5.74, 6) is 0. The number of alkyl halides is 1. The van der Waals surface area contributed by atoms with Gasteiger partial charge in [-0.15, -0.1) is 0 Å². The maximum atomic E-state index is 6.21. The van der Waals surface area contributed by atoms with Crippen LogP contribution in [0.25, 0.3) is 0 Å². The first-order valence-electron chi connectivity index (χ1n) is 6.15. The minimum Gasteiger partial charge on any atom is -0.338 e. The highest BCUT2D eigenvalue weighted by molar-refractivity contribution is 6.21. The lowest BCUT2D eigenvalue weighted by atomic mass is 10.1. The summed E-state index contributed by atoms with van der Waals surface area (Å²) in [6, 6.07) is 0. The van der Waals surface area contributed by atoms with E-state index in [1.54, 1.807) is 0 Å². The van der Waals surface area contributed by atoms with Gasteiger partial charge in [0.1, 0.15) is 0 Å². The van der Waals surface area contributed by atoms with Gasteiger partial charge in [0.25, 0.3) is 0 Å². The second-order valence-electron chi connectivity index (χ2n) is 3.69. The molecule has 92 valence electrons. The molecule has 0 N–H and O–H groups in total. The first-order valence-corrected chi connectivity index (χ1v) is 6.53. The third kappa shape index (κ3) is 8.06. The molecular weight excluding hydrogens is 212 g/mol. The summed E-state index contributed by atoms with van der Waals surface area (Å²) >= 11 is 6.21. The fourth-order valence-electron chi connectivity index (χ4n) is 1.56. The lowest BCUT2D eigenvalue weighted by molar-refractivity contribution is -0.176. The van der Waals surface area contributed by atoms with Gasteiger partial charge in [-0.2, -0.15) is 0 Å². The predicted octanol–water partition coefficient (Wildman–Crippen LogP) is 4.31. The lowest BCUT2D eigenvalue weighted by Crippen LogP contribution is -2.29. The Balaban J connectivity index is 3.65. The van der Waals surface area contributed by atoms with Gasteiger partial charge in [-0.25, -0.2) is 0 Å². The van der Waals surface area contributed by atoms with Crippen LogP contribution in [-0.2, 0) is 9.47 Å². The zero-order chi connectivity index (χ0) is 11.6. The first-order chi connectivity index (χ1) is 7.18. The fraction of sp³-hybridized carbons (Fsp3) is 1.00. The minimum atomic E-state index is -0.879. The molecule has 0 radical (unpaired) electrons. The van der Waals surface area contributed by atoms with Crippen LogP contribution >= 0.6 is 11.6 Å². The highest BCUT2D eigenvalue weighted by atomic mass is 35.5. The average Bonchev–Trinajstić information content (AvgIpc) is 2.18. The highest BCUT2D eigenvalue weighted by Gasteiger charge is 2.27. The van der Waals surface area contributed by atoms with Crippen molar-refractivity contribution in [3.8, 4) is 0 Å². The highest BCUT2D eigenvalue weighted by Crippen LogP contribution is 2.26. The van der Waals surface area contributed by atoms with E-state index in [0.29, 0.717) is 13.2 Å². The van der Waals surface area contributed by atoms with Crippen LogP contribution in [0.2, 0.25) is 0 Å². The zero-order valence-electron chi connectivity index (χ0n) is 10.4. The number of ether oxygens (including phenoxy) is 2. The van der Waals surface area contributed by atoms with Crippen LogP contribution in [-0.4, -0.2) is 18.5 Å². The molecule has 0 unspecified atom stereocenters. The number of hydrogen-bond donors (Lipinski definition) is 0. The van der Waals surface area contributed by atoms with Crippen molar-refractivity contribution in [1.82, 2.24) is 0 Å². The molecule has 0 amide bonds. The van der Waals surface area contributed by atoms with Crippen molar-refractivity contribution in [2.45, 2.75) is 64.5 Å². The van der Waals surface area contributed by atoms with Gasteiger partial charge in [-0.05, 0) is 20.3 Å². The third-order valence-corrected chi connectivity index (χ3v) is 2.71. The van der Waals surface area contributed by atoms with E-state index >= 15 is 0 Å². The van der Waals surface area contributed by atoms with E-state index in [1.807, 2.05) is 13.8 Å². The molecule has 0 bridgehead atoms. The molecule has 0 aliphatic rings. The molecule has 2 nitrogen and oxygen atoms in total. The van der Waals surface area contributed by atoms with Crippen LogP contribution in [0.1, 0.15) is 59.3 Å². The normalized spacial score (nSPS) is 12.0. The third-order valence-electron chi connectivity index (χ3n) is 2.30. The van der Waals surface area contributed by atoms with Crippen LogP contribution < -0.4 is 0 Å². The van der Waals surface area contributed by atoms with E-state index in [2.05, 4.69) is 6.92 Å². The van der Waals surface area contributed by atoms with Crippen molar-refractivity contribution in [2.24, 2.45) is 0 Å². The molecular formula is C12H25ClO2. The Morgan fingerprint density at radius 2 is 1.40 bits per heavy atom. The molecule has 0 spiro atoms. The van der Waals surface area contributed by atoms with Gasteiger partial charge in [-0.1, -0.05) is 44.2 Å². The summed E-state index contributed by atoms with van der Waals surface area (Å²) in [6.45, 7) is 7.28. The van der Waals surface area contributed by atoms with Crippen molar-refractivity contribution in [2.75, 3.05) is 13.2 Å². The van der Waals surface area contributed by atoms with Gasteiger partial charge < -0.3 is 9.47 Å². The van der Waals surface area contributed by atoms with Gasteiger partial charge in [0.05, 0.1) is 0 Å². The first kappa shape index (κ1) is 15.2. The Labute approximate surface area is 99.3 Å². The summed E-state index contributed by atoms with van der Waals surface area (Å²) in [5, 5.41) is -0.879. The molecule has 3 heteroatoms. The monoisotopic (exact) mass is 236 g/mol. The van der Waals surface area contributed by atoms with Crippen molar-refractivity contribution in [3.63, 3.8) is 0 Å². The van der Waals surface area contributed by atoms with E-state index in [1.165, 1.54) is 25.7 Å². The molecule has 0 aromatic heterocycles. The molecule has 0 saturated carbocycles. The summed E-state index contributed by atoms with van der Waals surface area (Å²) in [7, 11) is 0. The van der Waals surface area contributed by atoms with Crippen LogP contribution in [0.5, 0.6) is 0 Å². The number of halogens is 1. The zero-order valence-corrected chi connectivity index (χ0v) is 11.1. The van der Waals surface area contributed by atoms with Crippen molar-refractivity contribution in [1.29, 1.82) is 0 Å². The molecule has 15 heavy (non-hydrogen) atoms. The molecule has 0 aromatic carbocycles. The van der Waals surface area contributed by atoms with Gasteiger partial charge in [0, 0.05) is 19.6 Å². The van der Waals surface area contributed by atoms with Crippen molar-refractivity contribution >= 4 is 11.6 Å². The van der Waals surface area contributed by atoms with Crippen LogP contribution in [0.3, 0.4) is 0 Å². The van der Waals surface area contributed by atoms with Gasteiger partial charge in [0.2, 0.25) is 5.25 Å². The Hall–Kier alpha value is 0.210. The topological polar surface area (TPSA) is 18.5 Å². The van der Waals surface area contributed by atoms with Crippen LogP contribution in [0.4, 0.5) is 0 Å². The van der Waals surface area contributed by atoms with Crippen LogP contribution in [0.15, 0.2) is 0 Å². The lowest BCUT2D eigenvalue weighted by Gasteiger charge is -2.26. The van der Waals surface area contributed by atoms with Gasteiger partial charge in [-0.3, -0.25) is 0 Å². The maximum Gasteiger partial charge on any atom is 0.248 e. The molecule has 0 aromatic rings. The van der Waals surface area contributed by atoms with E-state index in [-0.39, 0.29) is 0 Å². The smallest absolute Gasteiger partial charge is 0.248 e. The molecule has 0 aliphatic carbocycles. The van der Waals surface area contributed by atoms with Gasteiger partial charge in [0.15, 0.2) is 0 Å². The summed E-state index contributed by atoms with van der Waals surface area (Å²) in [5.41, 5.74) is 0. The number of hydrogen-bond acceptors (Lipinski definition) is 2. The number of unbranched alkanes of at least 4 members (excludes halogenated alkanes) is 4. The summed E-state index contributed by atoms with van der Waals surface area (Å²) in [6.07, 6.45) is 6.91. The molecule has 0 rings (SSSR count). The molecule has 0 heterocycles. The Bertz CT molecular complexity index is 134. The predicted molar refractivity (Wildman–Crippen MR) is 65.2 cm³/mol. The largest absolute Gasteiger partial charge is 0.338 e. The summed E-state index contributed by atoms with van der Waals surface area (Å²) < 4.78 is 10.8. The number of rotatable bonds is 10. The minimum absolute atomic E-state index is 0.596. The quantitative estimate of drug-likeness (QED) is 0.320. The second-order valence-corrected chi connectivity index (χ2v) is 4.27. The molecule has 0 fully saturated rings. The van der Waals surface area contributed by atoms with Crippen LogP contribution in [0, 0.1) is 0 Å². The average molecular weight is 237 g/mol. The second kappa shape index (κ2) is 9.44. The standard InChI is InChI=1S/C12H25ClO2/c1-4-7-8-9-10-11-12(13,14-5-2)15-6-3/h4-11H2,1-3H3. The Morgan fingerprint density at radius 1 is 0.867 bits per heavy atom. The summed E-state index contributed by atoms with van der Waals surface area (Å²) in [4.78, 5) is 0. The SMILES string of the molecule is CCCCCCCC(Cl)(OCC)OCC. The van der Waals surface area contributed by atoms with Crippen molar-refractivity contribution < 1.29 is 9.47 Å². The molecule has 0 aliphatic heterocycles. The van der Waals surface area contributed by atoms with E-state index < -0.39 is 5.25 Å². The van der Waals surface area contributed by atoms with E-state index in [0.717, 1.165) is 12.8 Å². The maximum absolute atomic E-state index is 6.21. The van der Waals surface area contributed by atoms with E-state index in [9.17, 15) is 0 Å². The van der Waals surface area contributed by atoms with Crippen molar-refractivity contribution in [3.05, 3.63) is 0 Å². The Kier molecular flexibility index (Phi) is 9.57. The van der Waals surface area contributed by atoms with Gasteiger partial charge >= 0.3 is 0 Å². The fourth-order valence-corrected chi connectivity index (χ4v) is 1.91. The van der Waals surface area contributed by atoms with E-state index in [4.69, 9.17) is 21.1 Å².